The van der Waals surface area contributed by atoms with E-state index in [1.807, 2.05) is 32.9 Å². The van der Waals surface area contributed by atoms with Crippen LogP contribution in [0.3, 0.4) is 0 Å². The quantitative estimate of drug-likeness (QED) is 0.888. The molecule has 0 aromatic heterocycles. The van der Waals surface area contributed by atoms with Crippen LogP contribution >= 0.6 is 0 Å². The maximum Gasteiger partial charge on any atom is 0.305 e. The van der Waals surface area contributed by atoms with E-state index in [0.717, 1.165) is 11.1 Å². The Hall–Kier alpha value is -1.84. The molecule has 0 aliphatic rings. The summed E-state index contributed by atoms with van der Waals surface area (Å²) < 4.78 is 0. The molecule has 0 bridgehead atoms. The Labute approximate surface area is 114 Å². The van der Waals surface area contributed by atoms with Crippen molar-refractivity contribution in [1.82, 2.24) is 4.90 Å². The molecule has 104 valence electrons. The average Bonchev–Trinajstić information content (AvgIpc) is 2.32. The minimum absolute atomic E-state index is 0.0373. The third-order valence-electron chi connectivity index (χ3n) is 3.36. The first-order chi connectivity index (χ1) is 8.86. The topological polar surface area (TPSA) is 57.6 Å². The van der Waals surface area contributed by atoms with E-state index in [1.54, 1.807) is 17.9 Å². The molecule has 0 saturated carbocycles. The number of aliphatic carboxylic acids is 1. The highest BCUT2D eigenvalue weighted by molar-refractivity contribution is 5.95. The van der Waals surface area contributed by atoms with E-state index in [-0.39, 0.29) is 18.4 Å². The standard InChI is InChI=1S/C15H21NO3/c1-5-16(12(4)9-14(17)18)15(19)13-7-6-10(2)11(3)8-13/h6-8,12H,5,9H2,1-4H3,(H,17,18). The van der Waals surface area contributed by atoms with Gasteiger partial charge in [0.2, 0.25) is 0 Å². The molecule has 1 unspecified atom stereocenters. The van der Waals surface area contributed by atoms with Gasteiger partial charge in [0.1, 0.15) is 0 Å². The minimum Gasteiger partial charge on any atom is -0.481 e. The first-order valence-corrected chi connectivity index (χ1v) is 6.46. The second-order valence-electron chi connectivity index (χ2n) is 4.84. The van der Waals surface area contributed by atoms with Crippen molar-refractivity contribution in [2.75, 3.05) is 6.54 Å². The zero-order valence-corrected chi connectivity index (χ0v) is 11.9. The minimum atomic E-state index is -0.890. The maximum absolute atomic E-state index is 12.4. The number of amides is 1. The van der Waals surface area contributed by atoms with Crippen molar-refractivity contribution < 1.29 is 14.7 Å². The highest BCUT2D eigenvalue weighted by Crippen LogP contribution is 2.14. The number of hydrogen-bond acceptors (Lipinski definition) is 2. The molecule has 1 N–H and O–H groups in total. The van der Waals surface area contributed by atoms with E-state index in [0.29, 0.717) is 12.1 Å². The van der Waals surface area contributed by atoms with Gasteiger partial charge in [-0.1, -0.05) is 6.07 Å². The van der Waals surface area contributed by atoms with Crippen LogP contribution in [0.4, 0.5) is 0 Å². The number of carbonyl (C=O) groups excluding carboxylic acids is 1. The normalized spacial score (nSPS) is 12.0. The van der Waals surface area contributed by atoms with Gasteiger partial charge in [0.25, 0.3) is 5.91 Å². The Bertz CT molecular complexity index is 482. The van der Waals surface area contributed by atoms with Gasteiger partial charge in [-0.25, -0.2) is 0 Å². The molecule has 0 aliphatic carbocycles. The summed E-state index contributed by atoms with van der Waals surface area (Å²) in [7, 11) is 0. The smallest absolute Gasteiger partial charge is 0.305 e. The Morgan fingerprint density at radius 2 is 1.89 bits per heavy atom. The van der Waals surface area contributed by atoms with Gasteiger partial charge in [0.15, 0.2) is 0 Å². The number of carbonyl (C=O) groups is 2. The van der Waals surface area contributed by atoms with Gasteiger partial charge in [-0.3, -0.25) is 9.59 Å². The van der Waals surface area contributed by atoms with Crippen LogP contribution in [0.25, 0.3) is 0 Å². The fraction of sp³-hybridized carbons (Fsp3) is 0.467. The lowest BCUT2D eigenvalue weighted by Gasteiger charge is -2.27. The third-order valence-corrected chi connectivity index (χ3v) is 3.36. The predicted octanol–water partition coefficient (Wildman–Crippen LogP) is 2.63. The second-order valence-corrected chi connectivity index (χ2v) is 4.84. The number of carboxylic acids is 1. The zero-order chi connectivity index (χ0) is 14.6. The number of rotatable bonds is 5. The summed E-state index contributed by atoms with van der Waals surface area (Å²) in [5, 5.41) is 8.82. The fourth-order valence-corrected chi connectivity index (χ4v) is 2.06. The van der Waals surface area contributed by atoms with Gasteiger partial charge in [0.05, 0.1) is 6.42 Å². The molecule has 0 aliphatic heterocycles. The number of aryl methyl sites for hydroxylation is 2. The molecule has 19 heavy (non-hydrogen) atoms. The van der Waals surface area contributed by atoms with Gasteiger partial charge in [-0.15, -0.1) is 0 Å². The number of carboxylic acid groups (broad SMARTS) is 1. The van der Waals surface area contributed by atoms with Crippen molar-refractivity contribution in [1.29, 1.82) is 0 Å². The van der Waals surface area contributed by atoms with Crippen LogP contribution < -0.4 is 0 Å². The molecular formula is C15H21NO3. The molecule has 0 saturated heterocycles. The Morgan fingerprint density at radius 3 is 2.37 bits per heavy atom. The van der Waals surface area contributed by atoms with E-state index in [4.69, 9.17) is 5.11 Å². The van der Waals surface area contributed by atoms with Crippen LogP contribution in [0.2, 0.25) is 0 Å². The van der Waals surface area contributed by atoms with Crippen molar-refractivity contribution in [3.63, 3.8) is 0 Å². The Balaban J connectivity index is 2.94. The van der Waals surface area contributed by atoms with Crippen LogP contribution in [0.1, 0.15) is 41.8 Å². The molecule has 4 nitrogen and oxygen atoms in total. The molecule has 1 aromatic rings. The van der Waals surface area contributed by atoms with Crippen molar-refractivity contribution >= 4 is 11.9 Å². The summed E-state index contributed by atoms with van der Waals surface area (Å²) >= 11 is 0. The van der Waals surface area contributed by atoms with Gasteiger partial charge < -0.3 is 10.0 Å². The molecular weight excluding hydrogens is 242 g/mol. The molecule has 1 aromatic carbocycles. The molecule has 1 atom stereocenters. The number of benzene rings is 1. The van der Waals surface area contributed by atoms with Crippen molar-refractivity contribution in [3.05, 3.63) is 34.9 Å². The zero-order valence-electron chi connectivity index (χ0n) is 11.9. The predicted molar refractivity (Wildman–Crippen MR) is 74.3 cm³/mol. The van der Waals surface area contributed by atoms with E-state index in [9.17, 15) is 9.59 Å². The van der Waals surface area contributed by atoms with Crippen LogP contribution in [-0.4, -0.2) is 34.5 Å². The van der Waals surface area contributed by atoms with Crippen LogP contribution in [0, 0.1) is 13.8 Å². The van der Waals surface area contributed by atoms with Crippen LogP contribution in [-0.2, 0) is 4.79 Å². The van der Waals surface area contributed by atoms with Crippen molar-refractivity contribution in [2.45, 2.75) is 40.2 Å². The van der Waals surface area contributed by atoms with Gasteiger partial charge >= 0.3 is 5.97 Å². The molecule has 1 rings (SSSR count). The summed E-state index contributed by atoms with van der Waals surface area (Å²) in [5.74, 6) is -1.00. The van der Waals surface area contributed by atoms with Crippen molar-refractivity contribution in [3.8, 4) is 0 Å². The fourth-order valence-electron chi connectivity index (χ4n) is 2.06. The number of nitrogens with zero attached hydrogens (tertiary/aromatic N) is 1. The highest BCUT2D eigenvalue weighted by atomic mass is 16.4. The lowest BCUT2D eigenvalue weighted by Crippen LogP contribution is -2.39. The SMILES string of the molecule is CCN(C(=O)c1ccc(C)c(C)c1)C(C)CC(=O)O. The van der Waals surface area contributed by atoms with Crippen LogP contribution in [0.5, 0.6) is 0 Å². The monoisotopic (exact) mass is 263 g/mol. The summed E-state index contributed by atoms with van der Waals surface area (Å²) in [5.41, 5.74) is 2.81. The highest BCUT2D eigenvalue weighted by Gasteiger charge is 2.22. The Kier molecular flexibility index (Phi) is 5.10. The largest absolute Gasteiger partial charge is 0.481 e. The van der Waals surface area contributed by atoms with Gasteiger partial charge in [-0.05, 0) is 51.0 Å². The first kappa shape index (κ1) is 15.2. The van der Waals surface area contributed by atoms with Gasteiger partial charge in [0, 0.05) is 18.2 Å². The summed E-state index contributed by atoms with van der Waals surface area (Å²) in [4.78, 5) is 24.7. The van der Waals surface area contributed by atoms with E-state index < -0.39 is 5.97 Å². The average molecular weight is 263 g/mol. The molecule has 1 amide bonds. The maximum atomic E-state index is 12.4. The molecule has 0 fully saturated rings. The third kappa shape index (κ3) is 3.81. The Morgan fingerprint density at radius 1 is 1.26 bits per heavy atom. The lowest BCUT2D eigenvalue weighted by atomic mass is 10.0. The van der Waals surface area contributed by atoms with Crippen molar-refractivity contribution in [2.24, 2.45) is 0 Å². The lowest BCUT2D eigenvalue weighted by molar-refractivity contribution is -0.138. The summed E-state index contributed by atoms with van der Waals surface area (Å²) in [6.07, 6.45) is -0.0373. The molecule has 0 radical (unpaired) electrons. The second kappa shape index (κ2) is 6.36. The first-order valence-electron chi connectivity index (χ1n) is 6.46. The van der Waals surface area contributed by atoms with E-state index in [2.05, 4.69) is 0 Å². The summed E-state index contributed by atoms with van der Waals surface area (Å²) in [6, 6.07) is 5.25. The molecule has 0 heterocycles. The summed E-state index contributed by atoms with van der Waals surface area (Å²) in [6.45, 7) is 8.07. The molecule has 4 heteroatoms. The van der Waals surface area contributed by atoms with Crippen LogP contribution in [0.15, 0.2) is 18.2 Å². The van der Waals surface area contributed by atoms with Gasteiger partial charge in [-0.2, -0.15) is 0 Å². The molecule has 0 spiro atoms. The number of hydrogen-bond donors (Lipinski definition) is 1. The van der Waals surface area contributed by atoms with E-state index in [1.165, 1.54) is 0 Å². The van der Waals surface area contributed by atoms with E-state index >= 15 is 0 Å².